The summed E-state index contributed by atoms with van der Waals surface area (Å²) in [6, 6.07) is 14.0. The van der Waals surface area contributed by atoms with Crippen molar-refractivity contribution in [2.45, 2.75) is 19.0 Å². The number of hydrogen-bond acceptors (Lipinski definition) is 3. The van der Waals surface area contributed by atoms with Crippen LogP contribution in [0.25, 0.3) is 27.6 Å². The van der Waals surface area contributed by atoms with Gasteiger partial charge in [0.25, 0.3) is 5.56 Å². The third kappa shape index (κ3) is 2.65. The minimum absolute atomic E-state index is 0.0773. The molecule has 26 heavy (non-hydrogen) atoms. The lowest BCUT2D eigenvalue weighted by Gasteiger charge is -2.14. The van der Waals surface area contributed by atoms with Gasteiger partial charge in [-0.15, -0.1) is 6.58 Å². The van der Waals surface area contributed by atoms with Crippen LogP contribution < -0.4 is 5.56 Å². The molecule has 4 aromatic rings. The summed E-state index contributed by atoms with van der Waals surface area (Å²) in [5.74, 6) is 0.686. The highest BCUT2D eigenvalue weighted by atomic mass is 32.2. The first-order valence-electron chi connectivity index (χ1n) is 8.45. The topological polar surface area (TPSA) is 50.7 Å². The smallest absolute Gasteiger partial charge is 0.283 e. The van der Waals surface area contributed by atoms with Crippen LogP contribution in [0.4, 0.5) is 0 Å². The van der Waals surface area contributed by atoms with Gasteiger partial charge in [-0.05, 0) is 37.1 Å². The van der Waals surface area contributed by atoms with E-state index >= 15 is 0 Å². The van der Waals surface area contributed by atoms with Crippen LogP contribution in [0.5, 0.6) is 0 Å². The Bertz CT molecular complexity index is 1200. The van der Waals surface area contributed by atoms with Gasteiger partial charge >= 0.3 is 0 Å². The number of benzene rings is 2. The molecule has 130 valence electrons. The molecule has 4 rings (SSSR count). The lowest BCUT2D eigenvalue weighted by molar-refractivity contribution is 0.813. The predicted octanol–water partition coefficient (Wildman–Crippen LogP) is 4.76. The zero-order chi connectivity index (χ0) is 18.3. The zero-order valence-corrected chi connectivity index (χ0v) is 15.6. The van der Waals surface area contributed by atoms with Gasteiger partial charge in [-0.1, -0.05) is 48.2 Å². The minimum atomic E-state index is -0.0773. The number of hydrogen-bond donors (Lipinski definition) is 1. The summed E-state index contributed by atoms with van der Waals surface area (Å²) >= 11 is 1.52. The number of nitrogens with one attached hydrogen (secondary N) is 1. The summed E-state index contributed by atoms with van der Waals surface area (Å²) in [6.07, 6.45) is 1.82. The molecule has 1 N–H and O–H groups in total. The lowest BCUT2D eigenvalue weighted by atomic mass is 10.1. The second kappa shape index (κ2) is 6.50. The monoisotopic (exact) mass is 361 g/mol. The summed E-state index contributed by atoms with van der Waals surface area (Å²) in [5, 5.41) is 1.65. The highest BCUT2D eigenvalue weighted by Crippen LogP contribution is 2.27. The van der Waals surface area contributed by atoms with E-state index in [-0.39, 0.29) is 5.56 Å². The molecule has 0 aliphatic carbocycles. The van der Waals surface area contributed by atoms with Crippen LogP contribution in [0.2, 0.25) is 0 Å². The fourth-order valence-corrected chi connectivity index (χ4v) is 3.88. The Kier molecular flexibility index (Phi) is 4.17. The number of rotatable bonds is 4. The Labute approximate surface area is 155 Å². The van der Waals surface area contributed by atoms with Crippen LogP contribution >= 0.6 is 11.8 Å². The fourth-order valence-electron chi connectivity index (χ4n) is 3.15. The first-order valence-corrected chi connectivity index (χ1v) is 9.43. The van der Waals surface area contributed by atoms with E-state index in [1.54, 1.807) is 4.57 Å². The van der Waals surface area contributed by atoms with Gasteiger partial charge in [-0.2, -0.15) is 0 Å². The van der Waals surface area contributed by atoms with E-state index in [4.69, 9.17) is 4.98 Å². The normalized spacial score (nSPS) is 11.3. The molecule has 0 radical (unpaired) electrons. The molecule has 4 nitrogen and oxygen atoms in total. The molecule has 0 spiro atoms. The van der Waals surface area contributed by atoms with Crippen LogP contribution in [-0.2, 0) is 0 Å². The van der Waals surface area contributed by atoms with Crippen molar-refractivity contribution in [2.24, 2.45) is 0 Å². The zero-order valence-electron chi connectivity index (χ0n) is 14.7. The average Bonchev–Trinajstić information content (AvgIpc) is 3.01. The van der Waals surface area contributed by atoms with Crippen LogP contribution in [0.15, 0.2) is 65.1 Å². The van der Waals surface area contributed by atoms with Gasteiger partial charge in [0, 0.05) is 16.7 Å². The number of H-pyrrole nitrogens is 1. The van der Waals surface area contributed by atoms with Crippen molar-refractivity contribution >= 4 is 33.7 Å². The van der Waals surface area contributed by atoms with Crippen molar-refractivity contribution in [1.29, 1.82) is 0 Å². The Hall–Kier alpha value is -2.79. The van der Waals surface area contributed by atoms with Crippen molar-refractivity contribution < 1.29 is 0 Å². The summed E-state index contributed by atoms with van der Waals surface area (Å²) in [7, 11) is 0. The van der Waals surface area contributed by atoms with Gasteiger partial charge in [0.15, 0.2) is 5.16 Å². The molecule has 0 unspecified atom stereocenters. The van der Waals surface area contributed by atoms with Crippen LogP contribution in [0.1, 0.15) is 11.1 Å². The van der Waals surface area contributed by atoms with E-state index < -0.39 is 0 Å². The first-order chi connectivity index (χ1) is 12.6. The summed E-state index contributed by atoms with van der Waals surface area (Å²) in [6.45, 7) is 7.83. The van der Waals surface area contributed by atoms with Gasteiger partial charge in [-0.3, -0.25) is 9.36 Å². The predicted molar refractivity (Wildman–Crippen MR) is 110 cm³/mol. The number of aryl methyl sites for hydroxylation is 2. The quantitative estimate of drug-likeness (QED) is 0.324. The van der Waals surface area contributed by atoms with Crippen LogP contribution in [0.3, 0.4) is 0 Å². The molecule has 2 aromatic carbocycles. The molecule has 5 heteroatoms. The molecule has 0 fully saturated rings. The molecule has 2 aromatic heterocycles. The van der Waals surface area contributed by atoms with E-state index in [2.05, 4.69) is 17.6 Å². The van der Waals surface area contributed by atoms with E-state index in [0.29, 0.717) is 16.4 Å². The number of nitrogens with zero attached hydrogens (tertiary/aromatic N) is 2. The van der Waals surface area contributed by atoms with Gasteiger partial charge < -0.3 is 4.98 Å². The number of aromatic nitrogens is 3. The van der Waals surface area contributed by atoms with Crippen molar-refractivity contribution in [3.8, 4) is 5.69 Å². The summed E-state index contributed by atoms with van der Waals surface area (Å²) in [4.78, 5) is 21.5. The summed E-state index contributed by atoms with van der Waals surface area (Å²) < 4.78 is 1.72. The second-order valence-electron chi connectivity index (χ2n) is 6.32. The van der Waals surface area contributed by atoms with Crippen LogP contribution in [0, 0.1) is 13.8 Å². The molecule has 0 bridgehead atoms. The molecule has 0 saturated carbocycles. The largest absolute Gasteiger partial charge is 0.349 e. The highest BCUT2D eigenvalue weighted by molar-refractivity contribution is 7.99. The number of thioether (sulfide) groups is 1. The van der Waals surface area contributed by atoms with Crippen molar-refractivity contribution in [3.05, 3.63) is 76.6 Å². The Morgan fingerprint density at radius 2 is 2.04 bits per heavy atom. The molecular weight excluding hydrogens is 342 g/mol. The van der Waals surface area contributed by atoms with E-state index in [1.165, 1.54) is 11.8 Å². The van der Waals surface area contributed by atoms with Gasteiger partial charge in [-0.25, -0.2) is 4.98 Å². The van der Waals surface area contributed by atoms with E-state index in [9.17, 15) is 4.79 Å². The molecule has 0 aliphatic heterocycles. The van der Waals surface area contributed by atoms with Gasteiger partial charge in [0.1, 0.15) is 11.0 Å². The maximum atomic E-state index is 13.4. The van der Waals surface area contributed by atoms with Crippen LogP contribution in [-0.4, -0.2) is 20.3 Å². The third-order valence-electron chi connectivity index (χ3n) is 4.43. The van der Waals surface area contributed by atoms with Crippen molar-refractivity contribution in [1.82, 2.24) is 14.5 Å². The number of fused-ring (bicyclic) bond motifs is 3. The minimum Gasteiger partial charge on any atom is -0.349 e. The van der Waals surface area contributed by atoms with Crippen molar-refractivity contribution in [3.63, 3.8) is 0 Å². The SMILES string of the molecule is C=CCSc1nc2c([nH]c3ccccc32)c(=O)n1-c1cc(C)ccc1C. The molecule has 0 aliphatic rings. The second-order valence-corrected chi connectivity index (χ2v) is 7.31. The molecular formula is C21H19N3OS. The molecule has 0 amide bonds. The van der Waals surface area contributed by atoms with E-state index in [0.717, 1.165) is 33.2 Å². The molecule has 0 atom stereocenters. The highest BCUT2D eigenvalue weighted by Gasteiger charge is 2.17. The number of para-hydroxylation sites is 1. The Morgan fingerprint density at radius 3 is 2.85 bits per heavy atom. The molecule has 0 saturated heterocycles. The number of aromatic amines is 1. The third-order valence-corrected chi connectivity index (χ3v) is 5.36. The molecule has 2 heterocycles. The lowest BCUT2D eigenvalue weighted by Crippen LogP contribution is -2.22. The summed E-state index contributed by atoms with van der Waals surface area (Å²) in [5.41, 5.74) is 5.12. The van der Waals surface area contributed by atoms with Gasteiger partial charge in [0.2, 0.25) is 0 Å². The average molecular weight is 361 g/mol. The standard InChI is InChI=1S/C21H19N3OS/c1-4-11-26-21-23-18-15-7-5-6-8-16(15)22-19(18)20(25)24(21)17-12-13(2)9-10-14(17)3/h4-10,12,22H,1,11H2,2-3H3. The van der Waals surface area contributed by atoms with Gasteiger partial charge in [0.05, 0.1) is 5.69 Å². The first kappa shape index (κ1) is 16.7. The Balaban J connectivity index is 2.11. The maximum absolute atomic E-state index is 13.4. The Morgan fingerprint density at radius 1 is 1.23 bits per heavy atom. The van der Waals surface area contributed by atoms with E-state index in [1.807, 2.05) is 56.3 Å². The fraction of sp³-hybridized carbons (Fsp3) is 0.143. The maximum Gasteiger partial charge on any atom is 0.283 e. The van der Waals surface area contributed by atoms with Crippen molar-refractivity contribution in [2.75, 3.05) is 5.75 Å².